The average Bonchev–Trinajstić information content (AvgIpc) is 2.94. The van der Waals surface area contributed by atoms with Crippen molar-refractivity contribution in [3.8, 4) is 0 Å². The summed E-state index contributed by atoms with van der Waals surface area (Å²) in [6, 6.07) is 1.62. The number of carbonyl (C=O) groups is 1. The Balaban J connectivity index is 1.95. The van der Waals surface area contributed by atoms with Crippen LogP contribution in [0.5, 0.6) is 0 Å². The molecule has 0 fully saturated rings. The summed E-state index contributed by atoms with van der Waals surface area (Å²) in [7, 11) is 0. The first-order chi connectivity index (χ1) is 9.70. The first-order valence-electron chi connectivity index (χ1n) is 6.14. The molecular weight excluding hydrogens is 282 g/mol. The summed E-state index contributed by atoms with van der Waals surface area (Å²) in [5.74, 6) is 0.814. The van der Waals surface area contributed by atoms with Gasteiger partial charge in [0.25, 0.3) is 5.91 Å². The number of hydrogen-bond donors (Lipinski definition) is 2. The van der Waals surface area contributed by atoms with Crippen LogP contribution in [0.1, 0.15) is 23.2 Å². The third kappa shape index (κ3) is 3.67. The Morgan fingerprint density at radius 3 is 3.00 bits per heavy atom. The molecule has 20 heavy (non-hydrogen) atoms. The van der Waals surface area contributed by atoms with Gasteiger partial charge in [0.05, 0.1) is 10.6 Å². The maximum absolute atomic E-state index is 12.0. The number of aromatic nitrogens is 3. The fraction of sp³-hybridized carbons (Fsp3) is 0.333. The Labute approximate surface area is 120 Å². The Morgan fingerprint density at radius 2 is 2.30 bits per heavy atom. The molecule has 0 aliphatic heterocycles. The zero-order valence-corrected chi connectivity index (χ0v) is 11.6. The van der Waals surface area contributed by atoms with E-state index in [1.165, 1.54) is 12.5 Å². The SMILES string of the molecule is CCNc1cc(C(=O)NCCc2ncno2)c(Cl)cn1. The van der Waals surface area contributed by atoms with Crippen molar-refractivity contribution in [3.63, 3.8) is 0 Å². The molecule has 0 aromatic carbocycles. The van der Waals surface area contributed by atoms with Gasteiger partial charge in [0.15, 0.2) is 6.33 Å². The van der Waals surface area contributed by atoms with Crippen molar-refractivity contribution in [1.82, 2.24) is 20.4 Å². The average molecular weight is 296 g/mol. The van der Waals surface area contributed by atoms with Gasteiger partial charge in [-0.25, -0.2) is 4.98 Å². The fourth-order valence-corrected chi connectivity index (χ4v) is 1.76. The van der Waals surface area contributed by atoms with Gasteiger partial charge < -0.3 is 15.2 Å². The van der Waals surface area contributed by atoms with E-state index in [0.717, 1.165) is 0 Å². The Bertz CT molecular complexity index is 573. The van der Waals surface area contributed by atoms with E-state index in [1.54, 1.807) is 6.07 Å². The maximum atomic E-state index is 12.0. The molecule has 0 unspecified atom stereocenters. The second-order valence-electron chi connectivity index (χ2n) is 3.92. The van der Waals surface area contributed by atoms with Gasteiger partial charge >= 0.3 is 0 Å². The molecule has 2 aromatic heterocycles. The molecule has 2 aromatic rings. The van der Waals surface area contributed by atoms with E-state index >= 15 is 0 Å². The van der Waals surface area contributed by atoms with Gasteiger partial charge in [0.1, 0.15) is 5.82 Å². The second kappa shape index (κ2) is 6.85. The lowest BCUT2D eigenvalue weighted by atomic mass is 10.2. The quantitative estimate of drug-likeness (QED) is 0.839. The molecule has 2 rings (SSSR count). The smallest absolute Gasteiger partial charge is 0.253 e. The van der Waals surface area contributed by atoms with Crippen LogP contribution in [0.15, 0.2) is 23.1 Å². The summed E-state index contributed by atoms with van der Waals surface area (Å²) >= 11 is 5.98. The van der Waals surface area contributed by atoms with Gasteiger partial charge in [0.2, 0.25) is 5.89 Å². The van der Waals surface area contributed by atoms with Crippen LogP contribution in [0.2, 0.25) is 5.02 Å². The second-order valence-corrected chi connectivity index (χ2v) is 4.33. The van der Waals surface area contributed by atoms with Crippen LogP contribution in [-0.2, 0) is 6.42 Å². The van der Waals surface area contributed by atoms with Crippen LogP contribution in [0.4, 0.5) is 5.82 Å². The third-order valence-electron chi connectivity index (χ3n) is 2.49. The largest absolute Gasteiger partial charge is 0.370 e. The van der Waals surface area contributed by atoms with E-state index in [1.807, 2.05) is 6.92 Å². The number of anilines is 1. The van der Waals surface area contributed by atoms with Gasteiger partial charge in [-0.15, -0.1) is 0 Å². The minimum atomic E-state index is -0.268. The van der Waals surface area contributed by atoms with Gasteiger partial charge in [-0.05, 0) is 13.0 Å². The molecule has 2 N–H and O–H groups in total. The number of amides is 1. The number of pyridine rings is 1. The van der Waals surface area contributed by atoms with E-state index in [2.05, 4.69) is 25.8 Å². The monoisotopic (exact) mass is 295 g/mol. The van der Waals surface area contributed by atoms with E-state index < -0.39 is 0 Å². The van der Waals surface area contributed by atoms with E-state index in [-0.39, 0.29) is 5.91 Å². The number of halogens is 1. The van der Waals surface area contributed by atoms with Crippen LogP contribution >= 0.6 is 11.6 Å². The topological polar surface area (TPSA) is 92.9 Å². The molecule has 7 nitrogen and oxygen atoms in total. The van der Waals surface area contributed by atoms with Crippen molar-refractivity contribution in [2.24, 2.45) is 0 Å². The molecule has 2 heterocycles. The highest BCUT2D eigenvalue weighted by Gasteiger charge is 2.12. The van der Waals surface area contributed by atoms with E-state index in [0.29, 0.717) is 41.8 Å². The summed E-state index contributed by atoms with van der Waals surface area (Å²) in [4.78, 5) is 20.0. The number of nitrogens with one attached hydrogen (secondary N) is 2. The van der Waals surface area contributed by atoms with Crippen molar-refractivity contribution in [2.45, 2.75) is 13.3 Å². The zero-order chi connectivity index (χ0) is 14.4. The van der Waals surface area contributed by atoms with Crippen molar-refractivity contribution in [3.05, 3.63) is 35.1 Å². The molecule has 0 aliphatic rings. The van der Waals surface area contributed by atoms with Crippen LogP contribution in [0.3, 0.4) is 0 Å². The predicted octanol–water partition coefficient (Wildman–Crippen LogP) is 1.52. The number of rotatable bonds is 6. The first kappa shape index (κ1) is 14.3. The van der Waals surface area contributed by atoms with E-state index in [9.17, 15) is 4.79 Å². The van der Waals surface area contributed by atoms with Crippen molar-refractivity contribution in [2.75, 3.05) is 18.4 Å². The predicted molar refractivity (Wildman–Crippen MR) is 73.7 cm³/mol. The van der Waals surface area contributed by atoms with Crippen LogP contribution in [0.25, 0.3) is 0 Å². The number of hydrogen-bond acceptors (Lipinski definition) is 6. The fourth-order valence-electron chi connectivity index (χ4n) is 1.57. The lowest BCUT2D eigenvalue weighted by molar-refractivity contribution is 0.0953. The van der Waals surface area contributed by atoms with Gasteiger partial charge in [0, 0.05) is 25.7 Å². The minimum Gasteiger partial charge on any atom is -0.370 e. The highest BCUT2D eigenvalue weighted by Crippen LogP contribution is 2.17. The van der Waals surface area contributed by atoms with Crippen LogP contribution in [0, 0.1) is 0 Å². The van der Waals surface area contributed by atoms with E-state index in [4.69, 9.17) is 16.1 Å². The summed E-state index contributed by atoms with van der Waals surface area (Å²) in [5.41, 5.74) is 0.378. The van der Waals surface area contributed by atoms with Gasteiger partial charge in [-0.1, -0.05) is 16.8 Å². The zero-order valence-electron chi connectivity index (χ0n) is 10.9. The Kier molecular flexibility index (Phi) is 4.89. The molecular formula is C12H14ClN5O2. The summed E-state index contributed by atoms with van der Waals surface area (Å²) in [5, 5.41) is 9.56. The summed E-state index contributed by atoms with van der Waals surface area (Å²) < 4.78 is 4.84. The van der Waals surface area contributed by atoms with Crippen LogP contribution < -0.4 is 10.6 Å². The molecule has 0 spiro atoms. The normalized spacial score (nSPS) is 10.3. The lowest BCUT2D eigenvalue weighted by Crippen LogP contribution is -2.26. The third-order valence-corrected chi connectivity index (χ3v) is 2.79. The van der Waals surface area contributed by atoms with Crippen molar-refractivity contribution >= 4 is 23.3 Å². The van der Waals surface area contributed by atoms with Gasteiger partial charge in [-0.3, -0.25) is 4.79 Å². The molecule has 8 heteroatoms. The maximum Gasteiger partial charge on any atom is 0.253 e. The molecule has 0 atom stereocenters. The molecule has 0 radical (unpaired) electrons. The Morgan fingerprint density at radius 1 is 1.45 bits per heavy atom. The molecule has 106 valence electrons. The lowest BCUT2D eigenvalue weighted by Gasteiger charge is -2.08. The first-order valence-corrected chi connectivity index (χ1v) is 6.51. The molecule has 0 saturated carbocycles. The van der Waals surface area contributed by atoms with Gasteiger partial charge in [-0.2, -0.15) is 4.98 Å². The van der Waals surface area contributed by atoms with Crippen molar-refractivity contribution in [1.29, 1.82) is 0 Å². The van der Waals surface area contributed by atoms with Crippen LogP contribution in [-0.4, -0.2) is 34.1 Å². The van der Waals surface area contributed by atoms with Crippen molar-refractivity contribution < 1.29 is 9.32 Å². The molecule has 0 saturated heterocycles. The summed E-state index contributed by atoms with van der Waals surface area (Å²) in [6.07, 6.45) is 3.24. The molecule has 0 bridgehead atoms. The Hall–Kier alpha value is -2.15. The highest BCUT2D eigenvalue weighted by atomic mass is 35.5. The molecule has 0 aliphatic carbocycles. The number of carbonyl (C=O) groups excluding carboxylic acids is 1. The summed E-state index contributed by atoms with van der Waals surface area (Å²) in [6.45, 7) is 3.05. The minimum absolute atomic E-state index is 0.268. The standard InChI is InChI=1S/C12H14ClN5O2/c1-2-14-10-5-8(9(13)6-16-10)12(19)15-4-3-11-17-7-18-20-11/h5-7H,2-4H2,1H3,(H,14,16)(H,15,19). The molecule has 1 amide bonds. The number of nitrogens with zero attached hydrogens (tertiary/aromatic N) is 3. The highest BCUT2D eigenvalue weighted by molar-refractivity contribution is 6.33.